The van der Waals surface area contributed by atoms with Crippen molar-refractivity contribution in [3.63, 3.8) is 0 Å². The fraction of sp³-hybridized carbons (Fsp3) is 0.536. The van der Waals surface area contributed by atoms with Crippen molar-refractivity contribution in [3.8, 4) is 5.75 Å². The first-order valence-corrected chi connectivity index (χ1v) is 14.4. The van der Waals surface area contributed by atoms with Crippen molar-refractivity contribution in [2.45, 2.75) is 71.3 Å². The lowest BCUT2D eigenvalue weighted by atomic mass is 9.76. The largest absolute Gasteiger partial charge is 0.508 e. The van der Waals surface area contributed by atoms with E-state index in [2.05, 4.69) is 43.2 Å². The van der Waals surface area contributed by atoms with E-state index in [1.54, 1.807) is 6.07 Å². The number of aromatic hydroxyl groups is 1. The molecular weight excluding hydrogens is 602 g/mol. The number of amides is 2. The summed E-state index contributed by atoms with van der Waals surface area (Å²) in [5.74, 6) is 0.904. The molecule has 0 saturated carbocycles. The summed E-state index contributed by atoms with van der Waals surface area (Å²) in [6, 6.07) is 5.86. The van der Waals surface area contributed by atoms with Crippen LogP contribution in [0.15, 0.2) is 33.3 Å². The van der Waals surface area contributed by atoms with Crippen molar-refractivity contribution in [1.29, 1.82) is 0 Å². The Balaban J connectivity index is 0.000000295. The van der Waals surface area contributed by atoms with Crippen molar-refractivity contribution in [3.05, 3.63) is 55.7 Å². The lowest BCUT2D eigenvalue weighted by Gasteiger charge is -2.35. The number of alkyl carbamates (subject to hydrolysis) is 1. The molecule has 4 rings (SSSR count). The third kappa shape index (κ3) is 8.18. The maximum absolute atomic E-state index is 11.1. The number of nitrogens with one attached hydrogen (secondary N) is 1. The number of benzene rings is 1. The Morgan fingerprint density at radius 3 is 2.49 bits per heavy atom. The van der Waals surface area contributed by atoms with Gasteiger partial charge in [-0.2, -0.15) is 0 Å². The van der Waals surface area contributed by atoms with Crippen molar-refractivity contribution in [1.82, 2.24) is 15.2 Å². The number of phenols is 1. The summed E-state index contributed by atoms with van der Waals surface area (Å²) < 4.78 is 6.94. The zero-order valence-corrected chi connectivity index (χ0v) is 25.2. The summed E-state index contributed by atoms with van der Waals surface area (Å²) in [7, 11) is 0. The molecule has 2 aliphatic rings. The predicted molar refractivity (Wildman–Crippen MR) is 152 cm³/mol. The average Bonchev–Trinajstić information content (AvgIpc) is 2.99. The molecular formula is C28H37Br2N3O4. The Labute approximate surface area is 236 Å². The van der Waals surface area contributed by atoms with E-state index >= 15 is 0 Å². The molecule has 1 aromatic carbocycles. The third-order valence-corrected chi connectivity index (χ3v) is 7.64. The molecule has 0 spiro atoms. The Bertz CT molecular complexity index is 1100. The van der Waals surface area contributed by atoms with Crippen LogP contribution in [0.25, 0.3) is 0 Å². The lowest BCUT2D eigenvalue weighted by Crippen LogP contribution is -2.35. The number of phenolic OH excluding ortho intramolecular Hbond substituents is 1. The van der Waals surface area contributed by atoms with Gasteiger partial charge in [0.1, 0.15) is 11.4 Å². The van der Waals surface area contributed by atoms with E-state index in [1.165, 1.54) is 16.7 Å². The average molecular weight is 639 g/mol. The van der Waals surface area contributed by atoms with Gasteiger partial charge in [0.15, 0.2) is 0 Å². The van der Waals surface area contributed by atoms with Gasteiger partial charge in [-0.3, -0.25) is 9.78 Å². The number of hydrogen-bond donors (Lipinski definition) is 2. The zero-order chi connectivity index (χ0) is 27.2. The third-order valence-electron chi connectivity index (χ3n) is 6.55. The number of pyridine rings is 1. The molecule has 202 valence electrons. The summed E-state index contributed by atoms with van der Waals surface area (Å²) in [6.45, 7) is 9.80. The number of ether oxygens (including phenoxy) is 1. The molecule has 1 unspecified atom stereocenters. The minimum absolute atomic E-state index is 0.180. The van der Waals surface area contributed by atoms with Crippen LogP contribution >= 0.6 is 31.9 Å². The van der Waals surface area contributed by atoms with Gasteiger partial charge in [0.25, 0.3) is 0 Å². The summed E-state index contributed by atoms with van der Waals surface area (Å²) in [5.41, 5.74) is 4.46. The van der Waals surface area contributed by atoms with Crippen molar-refractivity contribution < 1.29 is 19.4 Å². The number of rotatable bonds is 4. The molecule has 9 heteroatoms. The van der Waals surface area contributed by atoms with Crippen LogP contribution in [-0.4, -0.2) is 52.7 Å². The highest BCUT2D eigenvalue weighted by Crippen LogP contribution is 2.46. The Hall–Kier alpha value is -2.13. The van der Waals surface area contributed by atoms with E-state index in [0.717, 1.165) is 66.2 Å². The number of piperidine rings is 1. The number of aryl methyl sites for hydroxylation is 2. The quantitative estimate of drug-likeness (QED) is 0.382. The minimum Gasteiger partial charge on any atom is -0.508 e. The van der Waals surface area contributed by atoms with Crippen molar-refractivity contribution in [2.24, 2.45) is 5.92 Å². The molecule has 2 N–H and O–H groups in total. The summed E-state index contributed by atoms with van der Waals surface area (Å²) in [6.07, 6.45) is 7.16. The smallest absolute Gasteiger partial charge is 0.407 e. The first kappa shape index (κ1) is 29.4. The number of carbonyl (C=O) groups is 2. The molecule has 37 heavy (non-hydrogen) atoms. The predicted octanol–water partition coefficient (Wildman–Crippen LogP) is 6.33. The van der Waals surface area contributed by atoms with Gasteiger partial charge in [0.05, 0.1) is 5.69 Å². The van der Waals surface area contributed by atoms with Gasteiger partial charge < -0.3 is 20.1 Å². The molecule has 1 aliphatic heterocycles. The number of carbonyl (C=O) groups excluding carboxylic acids is 2. The molecule has 1 aromatic heterocycles. The van der Waals surface area contributed by atoms with Gasteiger partial charge in [-0.25, -0.2) is 4.79 Å². The van der Waals surface area contributed by atoms with E-state index in [4.69, 9.17) is 9.72 Å². The molecule has 1 atom stereocenters. The molecule has 7 nitrogen and oxygen atoms in total. The summed E-state index contributed by atoms with van der Waals surface area (Å²) >= 11 is 7.26. The normalized spacial score (nSPS) is 17.5. The number of fused-ring (bicyclic) bond motifs is 2. The second-order valence-corrected chi connectivity index (χ2v) is 12.4. The highest BCUT2D eigenvalue weighted by atomic mass is 79.9. The Morgan fingerprint density at radius 1 is 1.19 bits per heavy atom. The van der Waals surface area contributed by atoms with Gasteiger partial charge >= 0.3 is 6.09 Å². The molecule has 2 heterocycles. The SMILES string of the molecule is CCCNC(=O)OC(C)(C)C.O=CN1CCC(C2c3ncc(Br)cc3CCc3cc(O)cc(Br)c32)CC1. The van der Waals surface area contributed by atoms with E-state index in [-0.39, 0.29) is 12.0 Å². The minimum atomic E-state index is -0.391. The summed E-state index contributed by atoms with van der Waals surface area (Å²) in [4.78, 5) is 28.7. The zero-order valence-electron chi connectivity index (χ0n) is 22.0. The summed E-state index contributed by atoms with van der Waals surface area (Å²) in [5, 5.41) is 12.7. The fourth-order valence-electron chi connectivity index (χ4n) is 4.95. The van der Waals surface area contributed by atoms with E-state index in [9.17, 15) is 14.7 Å². The Morgan fingerprint density at radius 2 is 1.86 bits per heavy atom. The van der Waals surface area contributed by atoms with Crippen LogP contribution in [0.1, 0.15) is 75.3 Å². The Kier molecular flexibility index (Phi) is 10.4. The molecule has 1 fully saturated rings. The molecule has 0 radical (unpaired) electrons. The van der Waals surface area contributed by atoms with Crippen molar-refractivity contribution >= 4 is 44.4 Å². The van der Waals surface area contributed by atoms with Crippen LogP contribution < -0.4 is 5.32 Å². The van der Waals surface area contributed by atoms with Crippen LogP contribution in [0.2, 0.25) is 0 Å². The van der Waals surface area contributed by atoms with Crippen LogP contribution in [0, 0.1) is 5.92 Å². The lowest BCUT2D eigenvalue weighted by molar-refractivity contribution is -0.119. The van der Waals surface area contributed by atoms with Gasteiger partial charge in [0.2, 0.25) is 6.41 Å². The molecule has 2 amide bonds. The number of halogens is 2. The number of hydrogen-bond acceptors (Lipinski definition) is 5. The van der Waals surface area contributed by atoms with Crippen LogP contribution in [0.5, 0.6) is 5.75 Å². The van der Waals surface area contributed by atoms with Gasteiger partial charge in [-0.15, -0.1) is 0 Å². The molecule has 1 aliphatic carbocycles. The van der Waals surface area contributed by atoms with Crippen molar-refractivity contribution in [2.75, 3.05) is 19.6 Å². The maximum atomic E-state index is 11.1. The monoisotopic (exact) mass is 637 g/mol. The van der Waals surface area contributed by atoms with Crippen LogP contribution in [0.3, 0.4) is 0 Å². The maximum Gasteiger partial charge on any atom is 0.407 e. The fourth-order valence-corrected chi connectivity index (χ4v) is 6.07. The molecule has 1 saturated heterocycles. The second-order valence-electron chi connectivity index (χ2n) is 10.6. The van der Waals surface area contributed by atoms with Crippen LogP contribution in [-0.2, 0) is 22.4 Å². The number of nitrogens with zero attached hydrogens (tertiary/aromatic N) is 2. The first-order chi connectivity index (χ1) is 17.5. The highest BCUT2D eigenvalue weighted by Gasteiger charge is 2.35. The molecule has 2 aromatic rings. The second kappa shape index (κ2) is 13.1. The van der Waals surface area contributed by atoms with Crippen LogP contribution in [0.4, 0.5) is 4.79 Å². The van der Waals surface area contributed by atoms with E-state index < -0.39 is 5.60 Å². The number of aromatic nitrogens is 1. The molecule has 0 bridgehead atoms. The van der Waals surface area contributed by atoms with Gasteiger partial charge in [0, 0.05) is 40.7 Å². The standard InChI is InChI=1S/C20H20Br2N2O2.C8H17NO2/c21-15-7-14-2-1-13-8-16(26)9-17(22)18(13)19(20(14)23-10-15)12-3-5-24(11-25)6-4-12;1-5-6-9-7(10)11-8(2,3)4/h7-12,19,26H,1-6H2;5-6H2,1-4H3,(H,9,10). The van der Waals surface area contributed by atoms with E-state index in [0.29, 0.717) is 18.2 Å². The van der Waals surface area contributed by atoms with E-state index in [1.807, 2.05) is 44.9 Å². The topological polar surface area (TPSA) is 91.8 Å². The first-order valence-electron chi connectivity index (χ1n) is 12.8. The highest BCUT2D eigenvalue weighted by molar-refractivity contribution is 9.10. The number of likely N-dealkylation sites (tertiary alicyclic amines) is 1. The van der Waals surface area contributed by atoms with Gasteiger partial charge in [-0.1, -0.05) is 22.9 Å². The van der Waals surface area contributed by atoms with Gasteiger partial charge in [-0.05, 0) is 110 Å².